The summed E-state index contributed by atoms with van der Waals surface area (Å²) in [7, 11) is 0. The number of hydrogen-bond donors (Lipinski definition) is 4. The van der Waals surface area contributed by atoms with Gasteiger partial charge in [-0.15, -0.1) is 92.1 Å². The summed E-state index contributed by atoms with van der Waals surface area (Å²) in [4.78, 5) is 0. The third-order valence-corrected chi connectivity index (χ3v) is 6.51. The van der Waals surface area contributed by atoms with Gasteiger partial charge in [0.1, 0.15) is 23.0 Å². The molecule has 0 aliphatic heterocycles. The summed E-state index contributed by atoms with van der Waals surface area (Å²) in [6, 6.07) is 10.8. The van der Waals surface area contributed by atoms with E-state index in [4.69, 9.17) is 14.9 Å². The summed E-state index contributed by atoms with van der Waals surface area (Å²) in [5, 5.41) is 35.3. The lowest BCUT2D eigenvalue weighted by molar-refractivity contribution is 0.186. The monoisotopic (exact) mass is 713 g/mol. The predicted octanol–water partition coefficient (Wildman–Crippen LogP) is 14.1. The number of phenols is 2. The molecular formula is C46H80O5. The van der Waals surface area contributed by atoms with Crippen molar-refractivity contribution in [3.8, 4) is 23.0 Å². The molecule has 0 aromatic heterocycles. The molecule has 0 heterocycles. The molecule has 5 nitrogen and oxygen atoms in total. The van der Waals surface area contributed by atoms with Gasteiger partial charge in [-0.1, -0.05) is 90.9 Å². The van der Waals surface area contributed by atoms with E-state index in [2.05, 4.69) is 106 Å². The Balaban J connectivity index is -0.000000184. The van der Waals surface area contributed by atoms with E-state index in [1.165, 1.54) is 77.0 Å². The number of aromatic hydroxyl groups is 2. The smallest absolute Gasteiger partial charge is 0.130 e. The summed E-state index contributed by atoms with van der Waals surface area (Å²) >= 11 is 0. The average Bonchev–Trinajstić information content (AvgIpc) is 3.21. The van der Waals surface area contributed by atoms with E-state index in [0.29, 0.717) is 0 Å². The molecule has 0 radical (unpaired) electrons. The first-order valence-electron chi connectivity index (χ1n) is 18.1. The molecule has 2 aromatic rings. The molecule has 5 heteroatoms. The van der Waals surface area contributed by atoms with Gasteiger partial charge in [0.25, 0.3) is 0 Å². The van der Waals surface area contributed by atoms with Gasteiger partial charge in [0, 0.05) is 0 Å². The van der Waals surface area contributed by atoms with Crippen LogP contribution in [0, 0.1) is 0 Å². The fourth-order valence-electron chi connectivity index (χ4n) is 4.39. The maximum absolute atomic E-state index is 10.0. The zero-order valence-corrected chi connectivity index (χ0v) is 33.3. The highest BCUT2D eigenvalue weighted by molar-refractivity contribution is 5.46. The van der Waals surface area contributed by atoms with Gasteiger partial charge >= 0.3 is 0 Å². The van der Waals surface area contributed by atoms with Gasteiger partial charge in [-0.05, 0) is 73.2 Å². The lowest BCUT2D eigenvalue weighted by Gasteiger charge is -2.15. The van der Waals surface area contributed by atoms with E-state index < -0.39 is 0 Å². The van der Waals surface area contributed by atoms with Crippen molar-refractivity contribution in [3.05, 3.63) is 140 Å². The van der Waals surface area contributed by atoms with Crippen molar-refractivity contribution in [2.45, 2.75) is 117 Å². The third-order valence-electron chi connectivity index (χ3n) is 6.51. The topological polar surface area (TPSA) is 90.2 Å². The van der Waals surface area contributed by atoms with Crippen molar-refractivity contribution in [1.29, 1.82) is 0 Å². The molecule has 0 aliphatic carbocycles. The minimum atomic E-state index is -0.125. The molecule has 0 amide bonds. The summed E-state index contributed by atoms with van der Waals surface area (Å²) in [6.07, 6.45) is 19.5. The minimum absolute atomic E-state index is 0.125. The molecule has 294 valence electrons. The summed E-state index contributed by atoms with van der Waals surface area (Å²) in [5.74, 6) is 2.19. The Morgan fingerprint density at radius 1 is 0.412 bits per heavy atom. The Bertz CT molecular complexity index is 843. The lowest BCUT2D eigenvalue weighted by atomic mass is 10.0. The molecule has 51 heavy (non-hydrogen) atoms. The molecule has 0 atom stereocenters. The average molecular weight is 713 g/mol. The van der Waals surface area contributed by atoms with Crippen LogP contribution in [0.4, 0.5) is 0 Å². The Morgan fingerprint density at radius 2 is 0.667 bits per heavy atom. The predicted molar refractivity (Wildman–Crippen MR) is 233 cm³/mol. The van der Waals surface area contributed by atoms with E-state index in [-0.39, 0.29) is 24.7 Å². The van der Waals surface area contributed by atoms with Crippen LogP contribution in [0.15, 0.2) is 129 Å². The van der Waals surface area contributed by atoms with Gasteiger partial charge in [-0.25, -0.2) is 0 Å². The molecule has 0 bridgehead atoms. The molecule has 4 N–H and O–H groups in total. The van der Waals surface area contributed by atoms with Crippen LogP contribution in [-0.4, -0.2) is 33.6 Å². The van der Waals surface area contributed by atoms with Gasteiger partial charge in [0.15, 0.2) is 0 Å². The van der Waals surface area contributed by atoms with Gasteiger partial charge < -0.3 is 25.2 Å². The van der Waals surface area contributed by atoms with E-state index in [0.717, 1.165) is 48.3 Å². The van der Waals surface area contributed by atoms with E-state index in [9.17, 15) is 10.2 Å². The number of aliphatic hydroxyl groups excluding tert-OH is 2. The first kappa shape index (κ1) is 62.1. The van der Waals surface area contributed by atoms with Gasteiger partial charge in [0.2, 0.25) is 0 Å². The van der Waals surface area contributed by atoms with Crippen LogP contribution in [0.2, 0.25) is 0 Å². The van der Waals surface area contributed by atoms with Crippen molar-refractivity contribution in [2.24, 2.45) is 0 Å². The van der Waals surface area contributed by atoms with Gasteiger partial charge in [-0.2, -0.15) is 0 Å². The van der Waals surface area contributed by atoms with E-state index in [1.54, 1.807) is 12.1 Å². The highest BCUT2D eigenvalue weighted by Crippen LogP contribution is 2.34. The normalized spacial score (nSPS) is 8.31. The Morgan fingerprint density at radius 3 is 0.922 bits per heavy atom. The molecule has 2 aromatic carbocycles. The molecular weight excluding hydrogens is 633 g/mol. The zero-order chi connectivity index (χ0) is 41.1. The number of phenolic OH excluding ortho intramolecular Hbond substituents is 2. The van der Waals surface area contributed by atoms with Crippen LogP contribution in [-0.2, 0) is 12.8 Å². The fraction of sp³-hybridized carbons (Fsp3) is 0.435. The maximum atomic E-state index is 10.0. The zero-order valence-electron chi connectivity index (χ0n) is 33.3. The second-order valence-corrected chi connectivity index (χ2v) is 9.88. The van der Waals surface area contributed by atoms with Crippen molar-refractivity contribution in [3.63, 3.8) is 0 Å². The van der Waals surface area contributed by atoms with Crippen LogP contribution < -0.4 is 4.74 Å². The highest BCUT2D eigenvalue weighted by Gasteiger charge is 2.11. The molecule has 0 saturated heterocycles. The molecule has 0 saturated carbocycles. The van der Waals surface area contributed by atoms with Gasteiger partial charge in [0.05, 0.1) is 13.2 Å². The Hall–Kier alpha value is -4.06. The third kappa shape index (κ3) is 43.9. The standard InChI is InChI=1S/C30H46O3.C2H6O2.7C2H4/c1-3-5-7-9-11-13-15-17-25-23-27(31)19-21-29(25)33-30-22-20-28(32)24-26(30)18-16-14-12-10-8-6-4-2;3-1-2-4;7*1-2/h19-24,31-32H,3-18H2,1-2H3;3-4H,1-2H2;7*1-2H2. The van der Waals surface area contributed by atoms with Crippen molar-refractivity contribution < 1.29 is 25.2 Å². The summed E-state index contributed by atoms with van der Waals surface area (Å²) in [6.45, 7) is 46.2. The van der Waals surface area contributed by atoms with Crippen LogP contribution >= 0.6 is 0 Å². The first-order chi connectivity index (χ1) is 25.0. The van der Waals surface area contributed by atoms with Crippen LogP contribution in [0.3, 0.4) is 0 Å². The second-order valence-electron chi connectivity index (χ2n) is 9.88. The number of aryl methyl sites for hydroxylation is 2. The van der Waals surface area contributed by atoms with Crippen LogP contribution in [0.25, 0.3) is 0 Å². The van der Waals surface area contributed by atoms with E-state index >= 15 is 0 Å². The van der Waals surface area contributed by atoms with E-state index in [1.807, 2.05) is 24.3 Å². The maximum Gasteiger partial charge on any atom is 0.130 e. The Labute approximate surface area is 316 Å². The highest BCUT2D eigenvalue weighted by atomic mass is 16.5. The number of benzene rings is 2. The van der Waals surface area contributed by atoms with Gasteiger partial charge in [-0.3, -0.25) is 0 Å². The molecule has 0 spiro atoms. The molecule has 0 aliphatic rings. The fourth-order valence-corrected chi connectivity index (χ4v) is 4.39. The molecule has 0 unspecified atom stereocenters. The van der Waals surface area contributed by atoms with Crippen molar-refractivity contribution in [1.82, 2.24) is 0 Å². The largest absolute Gasteiger partial charge is 0.508 e. The summed E-state index contributed by atoms with van der Waals surface area (Å²) < 4.78 is 6.35. The number of ether oxygens (including phenoxy) is 1. The van der Waals surface area contributed by atoms with Crippen molar-refractivity contribution in [2.75, 3.05) is 13.2 Å². The first-order valence-corrected chi connectivity index (χ1v) is 18.1. The Kier molecular flexibility index (Phi) is 74.5. The SMILES string of the molecule is C=C.C=C.C=C.C=C.C=C.C=C.C=C.CCCCCCCCCc1cc(O)ccc1Oc1ccc(O)cc1CCCCCCCCC.OCCO. The number of aliphatic hydroxyl groups is 2. The van der Waals surface area contributed by atoms with Crippen LogP contribution in [0.5, 0.6) is 23.0 Å². The lowest BCUT2D eigenvalue weighted by Crippen LogP contribution is -1.96. The van der Waals surface area contributed by atoms with Crippen molar-refractivity contribution >= 4 is 0 Å². The minimum Gasteiger partial charge on any atom is -0.508 e. The number of unbranched alkanes of at least 4 members (excludes halogenated alkanes) is 12. The molecule has 0 fully saturated rings. The number of rotatable bonds is 19. The number of hydrogen-bond acceptors (Lipinski definition) is 5. The molecule has 2 rings (SSSR count). The second kappa shape index (κ2) is 61.2. The summed E-state index contributed by atoms with van der Waals surface area (Å²) in [5.41, 5.74) is 2.11. The van der Waals surface area contributed by atoms with Crippen LogP contribution in [0.1, 0.15) is 115 Å². The quantitative estimate of drug-likeness (QED) is 0.0860.